The maximum atomic E-state index is 12.7. The van der Waals surface area contributed by atoms with E-state index in [-0.39, 0.29) is 10.9 Å². The molecule has 0 bridgehead atoms. The number of nitrogens with one attached hydrogen (secondary N) is 2. The molecule has 0 saturated heterocycles. The lowest BCUT2D eigenvalue weighted by Gasteiger charge is -2.30. The van der Waals surface area contributed by atoms with Gasteiger partial charge in [-0.1, -0.05) is 12.8 Å². The van der Waals surface area contributed by atoms with Crippen LogP contribution in [0.25, 0.3) is 0 Å². The fourth-order valence-corrected chi connectivity index (χ4v) is 5.15. The molecule has 0 radical (unpaired) electrons. The van der Waals surface area contributed by atoms with Crippen LogP contribution in [0.4, 0.5) is 5.82 Å². The number of nitrogens with zero attached hydrogens (tertiary/aromatic N) is 1. The Labute approximate surface area is 131 Å². The van der Waals surface area contributed by atoms with E-state index in [1.54, 1.807) is 30.1 Å². The normalized spacial score (nSPS) is 23.0. The van der Waals surface area contributed by atoms with Crippen LogP contribution < -0.4 is 10.0 Å². The molecular formula is C14H23N3O2S2. The summed E-state index contributed by atoms with van der Waals surface area (Å²) in [5.41, 5.74) is 0. The molecule has 7 heteroatoms. The van der Waals surface area contributed by atoms with Gasteiger partial charge in [0.25, 0.3) is 0 Å². The third kappa shape index (κ3) is 4.11. The van der Waals surface area contributed by atoms with Crippen LogP contribution in [0.2, 0.25) is 0 Å². The molecule has 0 aliphatic heterocycles. The van der Waals surface area contributed by atoms with Gasteiger partial charge >= 0.3 is 0 Å². The smallest absolute Gasteiger partial charge is 0.244 e. The molecule has 1 aliphatic rings. The van der Waals surface area contributed by atoms with Gasteiger partial charge in [0, 0.05) is 24.0 Å². The van der Waals surface area contributed by atoms with Crippen molar-refractivity contribution in [2.45, 2.75) is 48.8 Å². The van der Waals surface area contributed by atoms with Gasteiger partial charge in [-0.05, 0) is 38.2 Å². The lowest BCUT2D eigenvalue weighted by Crippen LogP contribution is -2.43. The third-order valence-electron chi connectivity index (χ3n) is 3.72. The van der Waals surface area contributed by atoms with Crippen LogP contribution in [0, 0.1) is 0 Å². The lowest BCUT2D eigenvalue weighted by atomic mass is 9.96. The molecular weight excluding hydrogens is 306 g/mol. The van der Waals surface area contributed by atoms with Gasteiger partial charge in [0.15, 0.2) is 0 Å². The fraction of sp³-hybridized carbons (Fsp3) is 0.643. The van der Waals surface area contributed by atoms with E-state index in [1.807, 2.05) is 13.2 Å². The molecule has 21 heavy (non-hydrogen) atoms. The summed E-state index contributed by atoms with van der Waals surface area (Å²) >= 11 is 1.75. The average Bonchev–Trinajstić information content (AvgIpc) is 2.48. The van der Waals surface area contributed by atoms with E-state index in [9.17, 15) is 8.42 Å². The van der Waals surface area contributed by atoms with Crippen molar-refractivity contribution >= 4 is 27.6 Å². The summed E-state index contributed by atoms with van der Waals surface area (Å²) in [5, 5.41) is 3.36. The molecule has 1 heterocycles. The van der Waals surface area contributed by atoms with Gasteiger partial charge < -0.3 is 5.32 Å². The molecule has 1 fully saturated rings. The highest BCUT2D eigenvalue weighted by molar-refractivity contribution is 7.99. The van der Waals surface area contributed by atoms with Crippen molar-refractivity contribution in [2.75, 3.05) is 18.1 Å². The Hall–Kier alpha value is -0.790. The van der Waals surface area contributed by atoms with Crippen LogP contribution >= 0.6 is 11.8 Å². The molecule has 0 spiro atoms. The van der Waals surface area contributed by atoms with E-state index >= 15 is 0 Å². The molecule has 2 N–H and O–H groups in total. The number of anilines is 1. The van der Waals surface area contributed by atoms with Crippen molar-refractivity contribution in [1.29, 1.82) is 0 Å². The zero-order valence-corrected chi connectivity index (χ0v) is 14.1. The standard InChI is InChI=1S/C14H23N3O2S2/c1-3-15-14-13(9-6-10-16-14)21(18,19)17-11-7-4-5-8-12(11)20-2/h6,9-12,17H,3-5,7-8H2,1-2H3,(H,15,16). The first kappa shape index (κ1) is 16.6. The zero-order valence-electron chi connectivity index (χ0n) is 12.5. The average molecular weight is 329 g/mol. The van der Waals surface area contributed by atoms with E-state index in [0.717, 1.165) is 19.3 Å². The molecule has 2 unspecified atom stereocenters. The van der Waals surface area contributed by atoms with Crippen molar-refractivity contribution in [3.8, 4) is 0 Å². The van der Waals surface area contributed by atoms with Crippen LogP contribution in [-0.4, -0.2) is 37.5 Å². The summed E-state index contributed by atoms with van der Waals surface area (Å²) in [6.45, 7) is 2.56. The second-order valence-electron chi connectivity index (χ2n) is 5.17. The lowest BCUT2D eigenvalue weighted by molar-refractivity contribution is 0.423. The highest BCUT2D eigenvalue weighted by Crippen LogP contribution is 2.29. The molecule has 1 aromatic rings. The van der Waals surface area contributed by atoms with Gasteiger partial charge in [-0.15, -0.1) is 0 Å². The zero-order chi connectivity index (χ0) is 15.3. The number of thioether (sulfide) groups is 1. The first-order valence-corrected chi connectivity index (χ1v) is 10.1. The second kappa shape index (κ2) is 7.47. The summed E-state index contributed by atoms with van der Waals surface area (Å²) in [7, 11) is -3.54. The summed E-state index contributed by atoms with van der Waals surface area (Å²) in [5.74, 6) is 0.420. The van der Waals surface area contributed by atoms with Crippen molar-refractivity contribution < 1.29 is 8.42 Å². The minimum absolute atomic E-state index is 0.00781. The molecule has 2 atom stereocenters. The molecule has 2 rings (SSSR count). The molecule has 1 saturated carbocycles. The summed E-state index contributed by atoms with van der Waals surface area (Å²) in [6, 6.07) is 3.26. The first-order valence-electron chi connectivity index (χ1n) is 7.32. The topological polar surface area (TPSA) is 71.1 Å². The number of hydrogen-bond acceptors (Lipinski definition) is 5. The highest BCUT2D eigenvalue weighted by Gasteiger charge is 2.30. The van der Waals surface area contributed by atoms with E-state index in [2.05, 4.69) is 15.0 Å². The van der Waals surface area contributed by atoms with Gasteiger partial charge in [-0.2, -0.15) is 11.8 Å². The van der Waals surface area contributed by atoms with Gasteiger partial charge in [0.1, 0.15) is 10.7 Å². The molecule has 1 aliphatic carbocycles. The maximum Gasteiger partial charge on any atom is 0.244 e. The van der Waals surface area contributed by atoms with Gasteiger partial charge in [-0.25, -0.2) is 18.1 Å². The van der Waals surface area contributed by atoms with E-state index in [1.165, 1.54) is 6.42 Å². The SMILES string of the molecule is CCNc1ncccc1S(=O)(=O)NC1CCCCC1SC. The Kier molecular flexibility index (Phi) is 5.89. The number of pyridine rings is 1. The third-order valence-corrected chi connectivity index (χ3v) is 6.41. The van der Waals surface area contributed by atoms with Crippen LogP contribution in [-0.2, 0) is 10.0 Å². The predicted molar refractivity (Wildman–Crippen MR) is 88.3 cm³/mol. The first-order chi connectivity index (χ1) is 10.1. The second-order valence-corrected chi connectivity index (χ2v) is 7.93. The van der Waals surface area contributed by atoms with E-state index in [0.29, 0.717) is 17.6 Å². The molecule has 0 aromatic carbocycles. The van der Waals surface area contributed by atoms with E-state index < -0.39 is 10.0 Å². The maximum absolute atomic E-state index is 12.7. The minimum atomic E-state index is -3.54. The van der Waals surface area contributed by atoms with Gasteiger partial charge in [0.05, 0.1) is 0 Å². The Balaban J connectivity index is 2.21. The fourth-order valence-electron chi connectivity index (χ4n) is 2.68. The number of rotatable bonds is 6. The molecule has 5 nitrogen and oxygen atoms in total. The number of sulfonamides is 1. The van der Waals surface area contributed by atoms with Gasteiger partial charge in [-0.3, -0.25) is 0 Å². The van der Waals surface area contributed by atoms with Crippen molar-refractivity contribution in [3.05, 3.63) is 18.3 Å². The molecule has 0 amide bonds. The van der Waals surface area contributed by atoms with Gasteiger partial charge in [0.2, 0.25) is 10.0 Å². The highest BCUT2D eigenvalue weighted by atomic mass is 32.2. The quantitative estimate of drug-likeness (QED) is 0.839. The van der Waals surface area contributed by atoms with Crippen molar-refractivity contribution in [1.82, 2.24) is 9.71 Å². The van der Waals surface area contributed by atoms with Crippen LogP contribution in [0.15, 0.2) is 23.2 Å². The number of hydrogen-bond donors (Lipinski definition) is 2. The molecule has 118 valence electrons. The summed E-state index contributed by atoms with van der Waals surface area (Å²) in [6.07, 6.45) is 7.88. The van der Waals surface area contributed by atoms with Crippen LogP contribution in [0.3, 0.4) is 0 Å². The number of aromatic nitrogens is 1. The Morgan fingerprint density at radius 2 is 2.14 bits per heavy atom. The van der Waals surface area contributed by atoms with E-state index in [4.69, 9.17) is 0 Å². The predicted octanol–water partition coefficient (Wildman–Crippen LogP) is 2.47. The Bertz CT molecular complexity index is 563. The Morgan fingerprint density at radius 1 is 1.38 bits per heavy atom. The van der Waals surface area contributed by atoms with Crippen molar-refractivity contribution in [3.63, 3.8) is 0 Å². The molecule has 1 aromatic heterocycles. The minimum Gasteiger partial charge on any atom is -0.369 e. The largest absolute Gasteiger partial charge is 0.369 e. The van der Waals surface area contributed by atoms with Crippen LogP contribution in [0.1, 0.15) is 32.6 Å². The summed E-state index contributed by atoms with van der Waals surface area (Å²) < 4.78 is 28.2. The van der Waals surface area contributed by atoms with Crippen molar-refractivity contribution in [2.24, 2.45) is 0 Å². The Morgan fingerprint density at radius 3 is 2.86 bits per heavy atom. The van der Waals surface area contributed by atoms with Crippen LogP contribution in [0.5, 0.6) is 0 Å². The monoisotopic (exact) mass is 329 g/mol. The summed E-state index contributed by atoms with van der Waals surface area (Å²) in [4.78, 5) is 4.37.